The number of thiazole rings is 2. The number of hydrogen-bond donors (Lipinski definition) is 1. The first kappa shape index (κ1) is 21.5. The lowest BCUT2D eigenvalue weighted by Gasteiger charge is -2.31. The molecule has 5 rings (SSSR count). The number of anilines is 1. The molecule has 1 fully saturated rings. The fourth-order valence-corrected chi connectivity index (χ4v) is 5.58. The summed E-state index contributed by atoms with van der Waals surface area (Å²) in [6.07, 6.45) is 2.84. The molecule has 1 aliphatic rings. The lowest BCUT2D eigenvalue weighted by Crippen LogP contribution is -2.41. The molecule has 1 saturated heterocycles. The fourth-order valence-electron chi connectivity index (χ4n) is 3.87. The van der Waals surface area contributed by atoms with Crippen molar-refractivity contribution in [3.8, 4) is 22.0 Å². The van der Waals surface area contributed by atoms with E-state index in [-0.39, 0.29) is 17.7 Å². The maximum Gasteiger partial charge on any atom is 0.266 e. The zero-order chi connectivity index (χ0) is 22.8. The summed E-state index contributed by atoms with van der Waals surface area (Å²) in [5.41, 5.74) is 2.45. The smallest absolute Gasteiger partial charge is 0.266 e. The summed E-state index contributed by atoms with van der Waals surface area (Å²) in [6, 6.07) is 13.4. The highest BCUT2D eigenvalue weighted by atomic mass is 32.1. The van der Waals surface area contributed by atoms with Gasteiger partial charge in [0.15, 0.2) is 15.9 Å². The molecule has 2 amide bonds. The first-order valence-electron chi connectivity index (χ1n) is 10.7. The number of nitrogens with zero attached hydrogens (tertiary/aromatic N) is 3. The lowest BCUT2D eigenvalue weighted by atomic mass is 9.95. The molecule has 0 unspecified atom stereocenters. The van der Waals surface area contributed by atoms with Crippen molar-refractivity contribution in [2.24, 2.45) is 5.92 Å². The van der Waals surface area contributed by atoms with Crippen molar-refractivity contribution in [1.82, 2.24) is 14.9 Å². The number of aryl methyl sites for hydroxylation is 1. The molecule has 0 atom stereocenters. The average molecular weight is 479 g/mol. The van der Waals surface area contributed by atoms with Gasteiger partial charge in [-0.1, -0.05) is 30.3 Å². The van der Waals surface area contributed by atoms with Gasteiger partial charge in [-0.3, -0.25) is 9.59 Å². The van der Waals surface area contributed by atoms with E-state index in [1.54, 1.807) is 6.26 Å². The van der Waals surface area contributed by atoms with Crippen LogP contribution in [0.25, 0.3) is 22.0 Å². The standard InChI is InChI=1S/C24H22N4O3S2/c1-15-14-32-24(25-15)27-21(29)17-9-11-28(12-10-17)23(30)20-19(16-6-3-2-4-7-16)26-22(33-20)18-8-5-13-31-18/h2-8,13-14,17H,9-12H2,1H3,(H,25,27,29). The van der Waals surface area contributed by atoms with E-state index in [0.29, 0.717) is 52.4 Å². The fraction of sp³-hybridized carbons (Fsp3) is 0.250. The maximum absolute atomic E-state index is 13.5. The number of aromatic nitrogens is 2. The Morgan fingerprint density at radius 1 is 1.09 bits per heavy atom. The van der Waals surface area contributed by atoms with Gasteiger partial charge in [-0.2, -0.15) is 0 Å². The van der Waals surface area contributed by atoms with Crippen molar-refractivity contribution in [3.05, 3.63) is 64.7 Å². The van der Waals surface area contributed by atoms with Crippen molar-refractivity contribution in [1.29, 1.82) is 0 Å². The Balaban J connectivity index is 1.32. The molecular weight excluding hydrogens is 456 g/mol. The molecule has 4 aromatic rings. The molecule has 3 aromatic heterocycles. The van der Waals surface area contributed by atoms with E-state index >= 15 is 0 Å². The van der Waals surface area contributed by atoms with Crippen LogP contribution in [0.2, 0.25) is 0 Å². The lowest BCUT2D eigenvalue weighted by molar-refractivity contribution is -0.121. The predicted octanol–water partition coefficient (Wildman–Crippen LogP) is 5.33. The van der Waals surface area contributed by atoms with Gasteiger partial charge in [0.25, 0.3) is 5.91 Å². The number of likely N-dealkylation sites (tertiary alicyclic amines) is 1. The Kier molecular flexibility index (Phi) is 6.06. The molecule has 9 heteroatoms. The van der Waals surface area contributed by atoms with Gasteiger partial charge in [-0.25, -0.2) is 9.97 Å². The van der Waals surface area contributed by atoms with Crippen LogP contribution < -0.4 is 5.32 Å². The second-order valence-corrected chi connectivity index (χ2v) is 9.75. The third kappa shape index (κ3) is 4.60. The van der Waals surface area contributed by atoms with Gasteiger partial charge in [0.1, 0.15) is 4.88 Å². The third-order valence-corrected chi connectivity index (χ3v) is 7.54. The van der Waals surface area contributed by atoms with E-state index in [9.17, 15) is 9.59 Å². The van der Waals surface area contributed by atoms with Gasteiger partial charge >= 0.3 is 0 Å². The van der Waals surface area contributed by atoms with Crippen molar-refractivity contribution in [2.75, 3.05) is 18.4 Å². The van der Waals surface area contributed by atoms with Crippen molar-refractivity contribution >= 4 is 39.6 Å². The van der Waals surface area contributed by atoms with E-state index in [2.05, 4.69) is 10.3 Å². The number of nitrogens with one attached hydrogen (secondary N) is 1. The molecule has 0 bridgehead atoms. The molecular formula is C24H22N4O3S2. The van der Waals surface area contributed by atoms with Crippen LogP contribution >= 0.6 is 22.7 Å². The van der Waals surface area contributed by atoms with Crippen LogP contribution in [0.1, 0.15) is 28.2 Å². The summed E-state index contributed by atoms with van der Waals surface area (Å²) in [5, 5.41) is 6.11. The molecule has 0 spiro atoms. The summed E-state index contributed by atoms with van der Waals surface area (Å²) in [4.78, 5) is 37.6. The summed E-state index contributed by atoms with van der Waals surface area (Å²) in [7, 11) is 0. The summed E-state index contributed by atoms with van der Waals surface area (Å²) in [5.74, 6) is 0.425. The number of amides is 2. The summed E-state index contributed by atoms with van der Waals surface area (Å²) in [6.45, 7) is 2.95. The molecule has 4 heterocycles. The second kappa shape index (κ2) is 9.29. The van der Waals surface area contributed by atoms with Gasteiger partial charge in [0, 0.05) is 30.0 Å². The van der Waals surface area contributed by atoms with Crippen molar-refractivity contribution in [2.45, 2.75) is 19.8 Å². The van der Waals surface area contributed by atoms with Gasteiger partial charge in [-0.15, -0.1) is 22.7 Å². The van der Waals surface area contributed by atoms with Crippen molar-refractivity contribution in [3.63, 3.8) is 0 Å². The minimum atomic E-state index is -0.132. The average Bonchev–Trinajstić information content (AvgIpc) is 3.60. The highest BCUT2D eigenvalue weighted by Gasteiger charge is 2.31. The minimum absolute atomic E-state index is 0.0284. The molecule has 0 aliphatic carbocycles. The molecule has 7 nitrogen and oxygen atoms in total. The summed E-state index contributed by atoms with van der Waals surface area (Å²) < 4.78 is 5.51. The Bertz CT molecular complexity index is 1260. The van der Waals surface area contributed by atoms with E-state index in [4.69, 9.17) is 9.40 Å². The molecule has 1 N–H and O–H groups in total. The zero-order valence-corrected chi connectivity index (χ0v) is 19.6. The van der Waals surface area contributed by atoms with Crippen molar-refractivity contribution < 1.29 is 14.0 Å². The van der Waals surface area contributed by atoms with Crippen LogP contribution in [0.4, 0.5) is 5.13 Å². The highest BCUT2D eigenvalue weighted by Crippen LogP contribution is 2.35. The Hall–Kier alpha value is -3.30. The van der Waals surface area contributed by atoms with E-state index < -0.39 is 0 Å². The first-order valence-corrected chi connectivity index (χ1v) is 12.4. The molecule has 33 heavy (non-hydrogen) atoms. The minimum Gasteiger partial charge on any atom is -0.462 e. The number of hydrogen-bond acceptors (Lipinski definition) is 7. The summed E-state index contributed by atoms with van der Waals surface area (Å²) >= 11 is 2.77. The third-order valence-electron chi connectivity index (χ3n) is 5.60. The van der Waals surface area contributed by atoms with Gasteiger partial charge in [0.2, 0.25) is 5.91 Å². The highest BCUT2D eigenvalue weighted by molar-refractivity contribution is 7.17. The van der Waals surface area contributed by atoms with Gasteiger partial charge in [-0.05, 0) is 31.9 Å². The Labute approximate surface area is 199 Å². The second-order valence-electron chi connectivity index (χ2n) is 7.89. The Morgan fingerprint density at radius 2 is 1.88 bits per heavy atom. The van der Waals surface area contributed by atoms with Crippen LogP contribution in [-0.4, -0.2) is 39.8 Å². The molecule has 0 saturated carbocycles. The maximum atomic E-state index is 13.5. The number of furan rings is 1. The number of piperidine rings is 1. The number of rotatable bonds is 5. The Morgan fingerprint density at radius 3 is 2.55 bits per heavy atom. The number of carbonyl (C=O) groups is 2. The normalized spacial score (nSPS) is 14.4. The molecule has 1 aliphatic heterocycles. The zero-order valence-electron chi connectivity index (χ0n) is 18.0. The largest absolute Gasteiger partial charge is 0.462 e. The van der Waals surface area contributed by atoms with E-state index in [0.717, 1.165) is 11.3 Å². The van der Waals surface area contributed by atoms with Crippen LogP contribution in [0.5, 0.6) is 0 Å². The topological polar surface area (TPSA) is 88.3 Å². The monoisotopic (exact) mass is 478 g/mol. The van der Waals surface area contributed by atoms with Crippen LogP contribution in [0.3, 0.4) is 0 Å². The predicted molar refractivity (Wildman–Crippen MR) is 129 cm³/mol. The van der Waals surface area contributed by atoms with Gasteiger partial charge < -0.3 is 14.6 Å². The molecule has 1 aromatic carbocycles. The van der Waals surface area contributed by atoms with Crippen LogP contribution in [-0.2, 0) is 4.79 Å². The van der Waals surface area contributed by atoms with Crippen LogP contribution in [0.15, 0.2) is 58.5 Å². The van der Waals surface area contributed by atoms with E-state index in [1.807, 2.05) is 59.7 Å². The van der Waals surface area contributed by atoms with Crippen LogP contribution in [0, 0.1) is 12.8 Å². The first-order chi connectivity index (χ1) is 16.1. The quantitative estimate of drug-likeness (QED) is 0.419. The SMILES string of the molecule is Cc1csc(NC(=O)C2CCN(C(=O)c3sc(-c4ccco4)nc3-c3ccccc3)CC2)n1. The molecule has 0 radical (unpaired) electrons. The molecule has 168 valence electrons. The van der Waals surface area contributed by atoms with Gasteiger partial charge in [0.05, 0.1) is 17.7 Å². The number of carbonyl (C=O) groups excluding carboxylic acids is 2. The number of benzene rings is 1. The van der Waals surface area contributed by atoms with E-state index in [1.165, 1.54) is 22.7 Å².